The molecule has 1 fully saturated rings. The number of aromatic nitrogens is 2. The summed E-state index contributed by atoms with van der Waals surface area (Å²) in [7, 11) is 3.61. The molecule has 0 radical (unpaired) electrons. The van der Waals surface area contributed by atoms with E-state index in [4.69, 9.17) is 5.73 Å². The number of nitrogens with two attached hydrogens (primary N) is 1. The maximum atomic E-state index is 11.9. The van der Waals surface area contributed by atoms with Crippen molar-refractivity contribution in [1.29, 1.82) is 0 Å². The SMILES string of the molecule is CN(C)C(=O)C1CCN(c2ccnc(N)n2)CC1. The predicted octanol–water partition coefficient (Wildman–Crippen LogP) is 0.363. The molecular formula is C12H19N5O. The topological polar surface area (TPSA) is 75.4 Å². The molecule has 1 aliphatic rings. The number of amides is 1. The maximum Gasteiger partial charge on any atom is 0.225 e. The van der Waals surface area contributed by atoms with Crippen molar-refractivity contribution in [2.75, 3.05) is 37.8 Å². The third-order valence-electron chi connectivity index (χ3n) is 3.27. The van der Waals surface area contributed by atoms with Crippen LogP contribution in [0.2, 0.25) is 0 Å². The molecule has 1 aliphatic heterocycles. The number of nitrogen functional groups attached to an aromatic ring is 1. The highest BCUT2D eigenvalue weighted by atomic mass is 16.2. The van der Waals surface area contributed by atoms with Gasteiger partial charge in [0.05, 0.1) is 0 Å². The zero-order valence-corrected chi connectivity index (χ0v) is 10.8. The van der Waals surface area contributed by atoms with E-state index < -0.39 is 0 Å². The number of carbonyl (C=O) groups is 1. The Hall–Kier alpha value is -1.85. The van der Waals surface area contributed by atoms with Gasteiger partial charge in [-0.2, -0.15) is 4.98 Å². The van der Waals surface area contributed by atoms with Crippen LogP contribution in [0.25, 0.3) is 0 Å². The first-order valence-electron chi connectivity index (χ1n) is 6.12. The summed E-state index contributed by atoms with van der Waals surface area (Å²) >= 11 is 0. The molecule has 98 valence electrons. The molecule has 1 aromatic heterocycles. The van der Waals surface area contributed by atoms with E-state index in [1.807, 2.05) is 6.07 Å². The smallest absolute Gasteiger partial charge is 0.225 e. The van der Waals surface area contributed by atoms with Crippen LogP contribution in [0.5, 0.6) is 0 Å². The molecule has 0 bridgehead atoms. The molecule has 1 amide bonds. The van der Waals surface area contributed by atoms with Crippen LogP contribution in [0.1, 0.15) is 12.8 Å². The van der Waals surface area contributed by atoms with Crippen molar-refractivity contribution in [1.82, 2.24) is 14.9 Å². The van der Waals surface area contributed by atoms with E-state index in [1.54, 1.807) is 25.2 Å². The zero-order chi connectivity index (χ0) is 13.1. The average Bonchev–Trinajstić information content (AvgIpc) is 2.38. The van der Waals surface area contributed by atoms with Crippen LogP contribution in [0.3, 0.4) is 0 Å². The molecule has 1 saturated heterocycles. The largest absolute Gasteiger partial charge is 0.368 e. The zero-order valence-electron chi connectivity index (χ0n) is 10.8. The highest BCUT2D eigenvalue weighted by Gasteiger charge is 2.26. The summed E-state index contributed by atoms with van der Waals surface area (Å²) in [5.74, 6) is 1.49. The van der Waals surface area contributed by atoms with Crippen LogP contribution >= 0.6 is 0 Å². The Balaban J connectivity index is 1.96. The molecule has 0 unspecified atom stereocenters. The first kappa shape index (κ1) is 12.6. The minimum atomic E-state index is 0.135. The van der Waals surface area contributed by atoms with Gasteiger partial charge in [-0.15, -0.1) is 0 Å². The molecule has 2 N–H and O–H groups in total. The Morgan fingerprint density at radius 3 is 2.67 bits per heavy atom. The number of piperidine rings is 1. The van der Waals surface area contributed by atoms with Gasteiger partial charge in [0, 0.05) is 39.3 Å². The third-order valence-corrected chi connectivity index (χ3v) is 3.27. The van der Waals surface area contributed by atoms with Gasteiger partial charge in [-0.1, -0.05) is 0 Å². The lowest BCUT2D eigenvalue weighted by atomic mass is 9.95. The molecule has 0 atom stereocenters. The predicted molar refractivity (Wildman–Crippen MR) is 70.1 cm³/mol. The van der Waals surface area contributed by atoms with Crippen LogP contribution in [0.15, 0.2) is 12.3 Å². The minimum absolute atomic E-state index is 0.135. The summed E-state index contributed by atoms with van der Waals surface area (Å²) in [6.07, 6.45) is 3.39. The fourth-order valence-corrected chi connectivity index (χ4v) is 2.26. The fourth-order valence-electron chi connectivity index (χ4n) is 2.26. The van der Waals surface area contributed by atoms with Gasteiger partial charge < -0.3 is 15.5 Å². The minimum Gasteiger partial charge on any atom is -0.368 e. The number of nitrogens with zero attached hydrogens (tertiary/aromatic N) is 4. The molecule has 2 rings (SSSR count). The van der Waals surface area contributed by atoms with Crippen LogP contribution in [0.4, 0.5) is 11.8 Å². The van der Waals surface area contributed by atoms with Gasteiger partial charge in [-0.3, -0.25) is 4.79 Å². The van der Waals surface area contributed by atoms with Crippen molar-refractivity contribution in [2.24, 2.45) is 5.92 Å². The second kappa shape index (κ2) is 5.20. The lowest BCUT2D eigenvalue weighted by Crippen LogP contribution is -2.40. The standard InChI is InChI=1S/C12H19N5O/c1-16(2)11(18)9-4-7-17(8-5-9)10-3-6-14-12(13)15-10/h3,6,9H,4-5,7-8H2,1-2H3,(H2,13,14,15). The van der Waals surface area contributed by atoms with E-state index in [1.165, 1.54) is 0 Å². The van der Waals surface area contributed by atoms with Crippen LogP contribution in [-0.4, -0.2) is 48.0 Å². The molecule has 0 aromatic carbocycles. The van der Waals surface area contributed by atoms with Crippen molar-refractivity contribution in [3.05, 3.63) is 12.3 Å². The van der Waals surface area contributed by atoms with Gasteiger partial charge in [0.15, 0.2) is 0 Å². The Bertz CT molecular complexity index is 426. The highest BCUT2D eigenvalue weighted by molar-refractivity contribution is 5.78. The van der Waals surface area contributed by atoms with Crippen LogP contribution in [-0.2, 0) is 4.79 Å². The quantitative estimate of drug-likeness (QED) is 0.819. The monoisotopic (exact) mass is 249 g/mol. The van der Waals surface area contributed by atoms with Gasteiger partial charge in [0.2, 0.25) is 11.9 Å². The number of carbonyl (C=O) groups excluding carboxylic acids is 1. The molecule has 0 aliphatic carbocycles. The third kappa shape index (κ3) is 2.69. The van der Waals surface area contributed by atoms with Crippen molar-refractivity contribution in [3.63, 3.8) is 0 Å². The molecule has 2 heterocycles. The molecule has 18 heavy (non-hydrogen) atoms. The fraction of sp³-hybridized carbons (Fsp3) is 0.583. The number of hydrogen-bond donors (Lipinski definition) is 1. The first-order chi connectivity index (χ1) is 8.58. The molecule has 1 aromatic rings. The van der Waals surface area contributed by atoms with Crippen molar-refractivity contribution in [3.8, 4) is 0 Å². The lowest BCUT2D eigenvalue weighted by molar-refractivity contribution is -0.133. The summed E-state index contributed by atoms with van der Waals surface area (Å²) < 4.78 is 0. The maximum absolute atomic E-state index is 11.9. The number of hydrogen-bond acceptors (Lipinski definition) is 5. The first-order valence-corrected chi connectivity index (χ1v) is 6.12. The molecule has 0 spiro atoms. The van der Waals surface area contributed by atoms with Gasteiger partial charge in [-0.25, -0.2) is 4.98 Å². The van der Waals surface area contributed by atoms with E-state index in [9.17, 15) is 4.79 Å². The van der Waals surface area contributed by atoms with Gasteiger partial charge in [-0.05, 0) is 18.9 Å². The second-order valence-electron chi connectivity index (χ2n) is 4.77. The Morgan fingerprint density at radius 2 is 2.11 bits per heavy atom. The van der Waals surface area contributed by atoms with Crippen LogP contribution in [0, 0.1) is 5.92 Å². The molecule has 6 nitrogen and oxygen atoms in total. The van der Waals surface area contributed by atoms with E-state index in [-0.39, 0.29) is 11.8 Å². The average molecular weight is 249 g/mol. The number of anilines is 2. The van der Waals surface area contributed by atoms with Gasteiger partial charge in [0.1, 0.15) is 5.82 Å². The normalized spacial score (nSPS) is 16.7. The molecule has 0 saturated carbocycles. The van der Waals surface area contributed by atoms with Crippen molar-refractivity contribution < 1.29 is 4.79 Å². The summed E-state index contributed by atoms with van der Waals surface area (Å²) in [6, 6.07) is 1.85. The van der Waals surface area contributed by atoms with E-state index in [2.05, 4.69) is 14.9 Å². The Labute approximate surface area is 107 Å². The van der Waals surface area contributed by atoms with Crippen LogP contribution < -0.4 is 10.6 Å². The van der Waals surface area contributed by atoms with E-state index in [0.717, 1.165) is 31.7 Å². The van der Waals surface area contributed by atoms with Gasteiger partial charge in [0.25, 0.3) is 0 Å². The molecule has 6 heteroatoms. The van der Waals surface area contributed by atoms with Crippen molar-refractivity contribution >= 4 is 17.7 Å². The summed E-state index contributed by atoms with van der Waals surface area (Å²) in [6.45, 7) is 1.67. The summed E-state index contributed by atoms with van der Waals surface area (Å²) in [5, 5.41) is 0. The number of rotatable bonds is 2. The van der Waals surface area contributed by atoms with E-state index in [0.29, 0.717) is 5.95 Å². The Morgan fingerprint density at radius 1 is 1.44 bits per heavy atom. The highest BCUT2D eigenvalue weighted by Crippen LogP contribution is 2.22. The lowest BCUT2D eigenvalue weighted by Gasteiger charge is -2.33. The van der Waals surface area contributed by atoms with Crippen molar-refractivity contribution in [2.45, 2.75) is 12.8 Å². The molecular weight excluding hydrogens is 230 g/mol. The van der Waals surface area contributed by atoms with E-state index >= 15 is 0 Å². The summed E-state index contributed by atoms with van der Waals surface area (Å²) in [4.78, 5) is 23.8. The Kier molecular flexibility index (Phi) is 3.64. The second-order valence-corrected chi connectivity index (χ2v) is 4.77. The summed E-state index contributed by atoms with van der Waals surface area (Å²) in [5.41, 5.74) is 5.57. The van der Waals surface area contributed by atoms with Gasteiger partial charge >= 0.3 is 0 Å².